The van der Waals surface area contributed by atoms with Crippen LogP contribution in [0, 0.1) is 0 Å². The smallest absolute Gasteiger partial charge is 0.123 e. The molecule has 0 heterocycles. The van der Waals surface area contributed by atoms with Crippen molar-refractivity contribution in [2.45, 2.75) is 19.4 Å². The van der Waals surface area contributed by atoms with Crippen LogP contribution in [0.3, 0.4) is 0 Å². The number of ether oxygens (including phenoxy) is 1. The van der Waals surface area contributed by atoms with Crippen molar-refractivity contribution in [1.82, 2.24) is 5.32 Å². The Morgan fingerprint density at radius 3 is 2.80 bits per heavy atom. The molecule has 3 heteroatoms. The van der Waals surface area contributed by atoms with E-state index in [4.69, 9.17) is 4.74 Å². The number of rotatable bonds is 6. The van der Waals surface area contributed by atoms with Crippen LogP contribution in [0.5, 0.6) is 5.75 Å². The first kappa shape index (κ1) is 12.0. The maximum absolute atomic E-state index is 11.9. The number of benzene rings is 1. The molecule has 0 aliphatic rings. The molecule has 0 amide bonds. The highest BCUT2D eigenvalue weighted by atomic mass is 19.1. The Balaban J connectivity index is 2.59. The van der Waals surface area contributed by atoms with Gasteiger partial charge >= 0.3 is 0 Å². The van der Waals surface area contributed by atoms with Gasteiger partial charge in [-0.15, -0.1) is 0 Å². The second-order valence-corrected chi connectivity index (χ2v) is 3.46. The number of hydrogen-bond donors (Lipinski definition) is 1. The number of hydrogen-bond acceptors (Lipinski definition) is 2. The summed E-state index contributed by atoms with van der Waals surface area (Å²) < 4.78 is 17.2. The third-order valence-electron chi connectivity index (χ3n) is 2.37. The lowest BCUT2D eigenvalue weighted by Gasteiger charge is -2.16. The summed E-state index contributed by atoms with van der Waals surface area (Å²) in [6.07, 6.45) is 0.555. The van der Waals surface area contributed by atoms with Crippen molar-refractivity contribution in [1.29, 1.82) is 0 Å². The molecule has 0 aliphatic carbocycles. The SMILES string of the molecule is COc1ccccc1[C@H](C)NCCCF. The van der Waals surface area contributed by atoms with Crippen LogP contribution in [0.4, 0.5) is 4.39 Å². The van der Waals surface area contributed by atoms with Gasteiger partial charge in [-0.05, 0) is 26.0 Å². The lowest BCUT2D eigenvalue weighted by molar-refractivity contribution is 0.398. The first-order valence-electron chi connectivity index (χ1n) is 5.22. The molecule has 0 aromatic heterocycles. The van der Waals surface area contributed by atoms with Gasteiger partial charge in [-0.25, -0.2) is 0 Å². The van der Waals surface area contributed by atoms with E-state index in [1.807, 2.05) is 24.3 Å². The second kappa shape index (κ2) is 6.40. The van der Waals surface area contributed by atoms with Crippen LogP contribution in [0.1, 0.15) is 24.9 Å². The Kier molecular flexibility index (Phi) is 5.12. The first-order chi connectivity index (χ1) is 7.29. The molecule has 15 heavy (non-hydrogen) atoms. The Labute approximate surface area is 90.4 Å². The summed E-state index contributed by atoms with van der Waals surface area (Å²) in [5.41, 5.74) is 1.11. The van der Waals surface area contributed by atoms with Crippen LogP contribution in [-0.4, -0.2) is 20.3 Å². The van der Waals surface area contributed by atoms with E-state index < -0.39 is 0 Å². The van der Waals surface area contributed by atoms with Crippen molar-refractivity contribution in [2.75, 3.05) is 20.3 Å². The van der Waals surface area contributed by atoms with Gasteiger partial charge in [0, 0.05) is 11.6 Å². The van der Waals surface area contributed by atoms with Crippen molar-refractivity contribution in [3.8, 4) is 5.75 Å². The van der Waals surface area contributed by atoms with Crippen LogP contribution in [-0.2, 0) is 0 Å². The third-order valence-corrected chi connectivity index (χ3v) is 2.37. The molecule has 1 N–H and O–H groups in total. The molecule has 0 unspecified atom stereocenters. The van der Waals surface area contributed by atoms with Gasteiger partial charge in [-0.3, -0.25) is 4.39 Å². The molecule has 0 saturated heterocycles. The maximum Gasteiger partial charge on any atom is 0.123 e. The van der Waals surface area contributed by atoms with Gasteiger partial charge in [-0.1, -0.05) is 18.2 Å². The summed E-state index contributed by atoms with van der Waals surface area (Å²) in [6, 6.07) is 8.06. The average Bonchev–Trinajstić information content (AvgIpc) is 2.29. The Morgan fingerprint density at radius 2 is 2.13 bits per heavy atom. The van der Waals surface area contributed by atoms with Gasteiger partial charge in [0.1, 0.15) is 5.75 Å². The van der Waals surface area contributed by atoms with Crippen LogP contribution in [0.25, 0.3) is 0 Å². The minimum Gasteiger partial charge on any atom is -0.496 e. The van der Waals surface area contributed by atoms with E-state index in [9.17, 15) is 4.39 Å². The minimum atomic E-state index is -0.272. The molecule has 0 aliphatic heterocycles. The Morgan fingerprint density at radius 1 is 1.40 bits per heavy atom. The molecule has 2 nitrogen and oxygen atoms in total. The zero-order valence-corrected chi connectivity index (χ0v) is 9.29. The van der Waals surface area contributed by atoms with E-state index in [1.165, 1.54) is 0 Å². The monoisotopic (exact) mass is 211 g/mol. The zero-order chi connectivity index (χ0) is 11.1. The maximum atomic E-state index is 11.9. The van der Waals surface area contributed by atoms with Crippen molar-refractivity contribution in [3.05, 3.63) is 29.8 Å². The second-order valence-electron chi connectivity index (χ2n) is 3.46. The highest BCUT2D eigenvalue weighted by molar-refractivity contribution is 5.35. The largest absolute Gasteiger partial charge is 0.496 e. The van der Waals surface area contributed by atoms with Crippen molar-refractivity contribution in [2.24, 2.45) is 0 Å². The molecule has 0 spiro atoms. The molecule has 0 fully saturated rings. The lowest BCUT2D eigenvalue weighted by atomic mass is 10.1. The van der Waals surface area contributed by atoms with Gasteiger partial charge in [0.05, 0.1) is 13.8 Å². The van der Waals surface area contributed by atoms with Crippen molar-refractivity contribution in [3.63, 3.8) is 0 Å². The molecule has 0 radical (unpaired) electrons. The highest BCUT2D eigenvalue weighted by Crippen LogP contribution is 2.23. The lowest BCUT2D eigenvalue weighted by Crippen LogP contribution is -2.20. The van der Waals surface area contributed by atoms with Gasteiger partial charge in [0.15, 0.2) is 0 Å². The molecule has 1 aromatic rings. The predicted molar refractivity (Wildman–Crippen MR) is 60.0 cm³/mol. The third kappa shape index (κ3) is 3.51. The molecular formula is C12H18FNO. The number of nitrogens with one attached hydrogen (secondary N) is 1. The normalized spacial score (nSPS) is 12.5. The van der Waals surface area contributed by atoms with Crippen LogP contribution < -0.4 is 10.1 Å². The van der Waals surface area contributed by atoms with E-state index in [0.29, 0.717) is 13.0 Å². The first-order valence-corrected chi connectivity index (χ1v) is 5.22. The zero-order valence-electron chi connectivity index (χ0n) is 9.29. The summed E-state index contributed by atoms with van der Waals surface area (Å²) in [4.78, 5) is 0. The number of alkyl halides is 1. The van der Waals surface area contributed by atoms with Crippen LogP contribution >= 0.6 is 0 Å². The quantitative estimate of drug-likeness (QED) is 0.730. The van der Waals surface area contributed by atoms with E-state index in [1.54, 1.807) is 7.11 Å². The molecule has 1 atom stereocenters. The van der Waals surface area contributed by atoms with Gasteiger partial charge in [0.2, 0.25) is 0 Å². The van der Waals surface area contributed by atoms with E-state index in [2.05, 4.69) is 12.2 Å². The molecule has 1 aromatic carbocycles. The fourth-order valence-electron chi connectivity index (χ4n) is 1.52. The van der Waals surface area contributed by atoms with E-state index >= 15 is 0 Å². The molecule has 0 bridgehead atoms. The fraction of sp³-hybridized carbons (Fsp3) is 0.500. The van der Waals surface area contributed by atoms with Crippen LogP contribution in [0.2, 0.25) is 0 Å². The minimum absolute atomic E-state index is 0.188. The molecule has 84 valence electrons. The number of para-hydroxylation sites is 1. The molecular weight excluding hydrogens is 193 g/mol. The standard InChI is InChI=1S/C12H18FNO/c1-10(14-9-5-8-13)11-6-3-4-7-12(11)15-2/h3-4,6-7,10,14H,5,8-9H2,1-2H3/t10-/m0/s1. The highest BCUT2D eigenvalue weighted by Gasteiger charge is 2.09. The summed E-state index contributed by atoms with van der Waals surface area (Å²) in [5.74, 6) is 0.873. The van der Waals surface area contributed by atoms with Gasteiger partial charge in [0.25, 0.3) is 0 Å². The van der Waals surface area contributed by atoms with Crippen LogP contribution in [0.15, 0.2) is 24.3 Å². The van der Waals surface area contributed by atoms with Crippen molar-refractivity contribution >= 4 is 0 Å². The van der Waals surface area contributed by atoms with Gasteiger partial charge in [-0.2, -0.15) is 0 Å². The van der Waals surface area contributed by atoms with Gasteiger partial charge < -0.3 is 10.1 Å². The summed E-state index contributed by atoms with van der Waals surface area (Å²) in [7, 11) is 1.66. The average molecular weight is 211 g/mol. The number of methoxy groups -OCH3 is 1. The number of halogens is 1. The summed E-state index contributed by atoms with van der Waals surface area (Å²) >= 11 is 0. The molecule has 0 saturated carbocycles. The fourth-order valence-corrected chi connectivity index (χ4v) is 1.52. The summed E-state index contributed by atoms with van der Waals surface area (Å²) in [5, 5.41) is 3.25. The van der Waals surface area contributed by atoms with E-state index in [-0.39, 0.29) is 12.7 Å². The summed E-state index contributed by atoms with van der Waals surface area (Å²) in [6.45, 7) is 2.47. The van der Waals surface area contributed by atoms with Crippen molar-refractivity contribution < 1.29 is 9.13 Å². The Hall–Kier alpha value is -1.09. The molecule has 1 rings (SSSR count). The topological polar surface area (TPSA) is 21.3 Å². The predicted octanol–water partition coefficient (Wildman–Crippen LogP) is 2.71. The van der Waals surface area contributed by atoms with E-state index in [0.717, 1.165) is 11.3 Å². The Bertz CT molecular complexity index is 291.